The van der Waals surface area contributed by atoms with Crippen LogP contribution in [0.15, 0.2) is 29.3 Å². The number of methoxy groups -OCH3 is 1. The third kappa shape index (κ3) is 6.75. The molecule has 1 unspecified atom stereocenters. The van der Waals surface area contributed by atoms with Crippen molar-refractivity contribution in [2.45, 2.75) is 32.7 Å². The minimum atomic E-state index is -0.0917. The Balaban J connectivity index is 1.74. The maximum atomic E-state index is 12.2. The van der Waals surface area contributed by atoms with Gasteiger partial charge in [-0.1, -0.05) is 6.92 Å². The van der Waals surface area contributed by atoms with Gasteiger partial charge < -0.3 is 20.7 Å². The van der Waals surface area contributed by atoms with E-state index in [1.807, 2.05) is 0 Å². The smallest absolute Gasteiger partial charge is 0.251 e. The molecule has 1 atom stereocenters. The molecule has 0 bridgehead atoms. The van der Waals surface area contributed by atoms with Crippen molar-refractivity contribution >= 4 is 11.9 Å². The first kappa shape index (κ1) is 21.0. The van der Waals surface area contributed by atoms with Gasteiger partial charge in [0.2, 0.25) is 0 Å². The highest BCUT2D eigenvalue weighted by molar-refractivity contribution is 5.94. The summed E-state index contributed by atoms with van der Waals surface area (Å²) in [6, 6.07) is 7.63. The SMILES string of the molecule is CCNC(=NCC1CCCN1CC)NCCNC(=O)c1ccc(OC)cc1. The van der Waals surface area contributed by atoms with Crippen LogP contribution in [0.1, 0.15) is 37.0 Å². The van der Waals surface area contributed by atoms with Crippen LogP contribution in [0.2, 0.25) is 0 Å². The van der Waals surface area contributed by atoms with E-state index in [-0.39, 0.29) is 5.91 Å². The number of hydrogen-bond acceptors (Lipinski definition) is 4. The van der Waals surface area contributed by atoms with Crippen LogP contribution in [0.4, 0.5) is 0 Å². The zero-order chi connectivity index (χ0) is 19.5. The van der Waals surface area contributed by atoms with E-state index in [1.165, 1.54) is 19.4 Å². The van der Waals surface area contributed by atoms with Gasteiger partial charge in [0.25, 0.3) is 5.91 Å². The molecule has 7 nitrogen and oxygen atoms in total. The van der Waals surface area contributed by atoms with Crippen molar-refractivity contribution in [1.29, 1.82) is 0 Å². The average Bonchev–Trinajstić information content (AvgIpc) is 3.16. The number of carbonyl (C=O) groups excluding carboxylic acids is 1. The van der Waals surface area contributed by atoms with E-state index in [1.54, 1.807) is 31.4 Å². The summed E-state index contributed by atoms with van der Waals surface area (Å²) in [5.74, 6) is 1.45. The molecule has 1 aromatic rings. The highest BCUT2D eigenvalue weighted by Crippen LogP contribution is 2.16. The lowest BCUT2D eigenvalue weighted by Gasteiger charge is -2.21. The number of nitrogens with zero attached hydrogens (tertiary/aromatic N) is 2. The highest BCUT2D eigenvalue weighted by Gasteiger charge is 2.22. The monoisotopic (exact) mass is 375 g/mol. The highest BCUT2D eigenvalue weighted by atomic mass is 16.5. The van der Waals surface area contributed by atoms with Crippen LogP contribution >= 0.6 is 0 Å². The normalized spacial score (nSPS) is 17.6. The molecule has 1 saturated heterocycles. The van der Waals surface area contributed by atoms with Crippen molar-refractivity contribution < 1.29 is 9.53 Å². The van der Waals surface area contributed by atoms with Crippen molar-refractivity contribution in [3.63, 3.8) is 0 Å². The molecular weight excluding hydrogens is 342 g/mol. The van der Waals surface area contributed by atoms with Gasteiger partial charge in [0.15, 0.2) is 5.96 Å². The fraction of sp³-hybridized carbons (Fsp3) is 0.600. The van der Waals surface area contributed by atoms with E-state index in [2.05, 4.69) is 34.7 Å². The maximum absolute atomic E-state index is 12.2. The number of rotatable bonds is 9. The summed E-state index contributed by atoms with van der Waals surface area (Å²) in [7, 11) is 1.61. The number of guanidine groups is 1. The molecule has 2 rings (SSSR count). The van der Waals surface area contributed by atoms with Crippen molar-refractivity contribution in [1.82, 2.24) is 20.9 Å². The lowest BCUT2D eigenvalue weighted by atomic mass is 10.2. The van der Waals surface area contributed by atoms with Crippen LogP contribution in [-0.4, -0.2) is 69.2 Å². The molecular formula is C20H33N5O2. The van der Waals surface area contributed by atoms with Crippen LogP contribution < -0.4 is 20.7 Å². The largest absolute Gasteiger partial charge is 0.497 e. The molecule has 1 heterocycles. The third-order valence-electron chi connectivity index (χ3n) is 4.76. The Hall–Kier alpha value is -2.28. The van der Waals surface area contributed by atoms with Crippen LogP contribution in [0, 0.1) is 0 Å². The van der Waals surface area contributed by atoms with Crippen LogP contribution in [0.25, 0.3) is 0 Å². The number of aliphatic imine (C=N–C) groups is 1. The average molecular weight is 376 g/mol. The standard InChI is InChI=1S/C20H33N5O2/c1-4-21-20(24-15-17-7-6-14-25(17)5-2)23-13-12-22-19(26)16-8-10-18(27-3)11-9-16/h8-11,17H,4-7,12-15H2,1-3H3,(H,22,26)(H2,21,23,24). The van der Waals surface area contributed by atoms with Gasteiger partial charge in [-0.2, -0.15) is 0 Å². The first-order chi connectivity index (χ1) is 13.2. The van der Waals surface area contributed by atoms with Crippen LogP contribution in [0.3, 0.4) is 0 Å². The number of likely N-dealkylation sites (tertiary alicyclic amines) is 1. The summed E-state index contributed by atoms with van der Waals surface area (Å²) >= 11 is 0. The number of nitrogens with one attached hydrogen (secondary N) is 3. The van der Waals surface area contributed by atoms with Crippen molar-refractivity contribution in [2.24, 2.45) is 4.99 Å². The van der Waals surface area contributed by atoms with Crippen LogP contribution in [-0.2, 0) is 0 Å². The predicted octanol–water partition coefficient (Wildman–Crippen LogP) is 1.46. The molecule has 1 aliphatic rings. The Morgan fingerprint density at radius 1 is 1.19 bits per heavy atom. The fourth-order valence-electron chi connectivity index (χ4n) is 3.26. The summed E-state index contributed by atoms with van der Waals surface area (Å²) in [6.07, 6.45) is 2.48. The van der Waals surface area contributed by atoms with Gasteiger partial charge in [-0.3, -0.25) is 14.7 Å². The third-order valence-corrected chi connectivity index (χ3v) is 4.76. The second kappa shape index (κ2) is 11.4. The van der Waals surface area contributed by atoms with Crippen molar-refractivity contribution in [3.05, 3.63) is 29.8 Å². The molecule has 27 heavy (non-hydrogen) atoms. The summed E-state index contributed by atoms with van der Waals surface area (Å²) in [4.78, 5) is 19.4. The van der Waals surface area contributed by atoms with Gasteiger partial charge in [-0.05, 0) is 57.1 Å². The van der Waals surface area contributed by atoms with Gasteiger partial charge in [0, 0.05) is 31.2 Å². The number of hydrogen-bond donors (Lipinski definition) is 3. The molecule has 1 amide bonds. The second-order valence-electron chi connectivity index (χ2n) is 6.56. The Morgan fingerprint density at radius 3 is 2.59 bits per heavy atom. The molecule has 1 aromatic carbocycles. The number of amides is 1. The predicted molar refractivity (Wildman–Crippen MR) is 110 cm³/mol. The molecule has 3 N–H and O–H groups in total. The number of carbonyl (C=O) groups is 1. The Kier molecular flexibility index (Phi) is 8.91. The van der Waals surface area contributed by atoms with E-state index >= 15 is 0 Å². The maximum Gasteiger partial charge on any atom is 0.251 e. The quantitative estimate of drug-likeness (QED) is 0.346. The first-order valence-corrected chi connectivity index (χ1v) is 9.86. The van der Waals surface area contributed by atoms with E-state index < -0.39 is 0 Å². The minimum absolute atomic E-state index is 0.0917. The van der Waals surface area contributed by atoms with E-state index in [0.717, 1.165) is 31.3 Å². The molecule has 0 radical (unpaired) electrons. The van der Waals surface area contributed by atoms with Gasteiger partial charge in [0.05, 0.1) is 13.7 Å². The van der Waals surface area contributed by atoms with Gasteiger partial charge in [-0.25, -0.2) is 0 Å². The number of benzene rings is 1. The lowest BCUT2D eigenvalue weighted by Crippen LogP contribution is -2.42. The number of ether oxygens (including phenoxy) is 1. The zero-order valence-corrected chi connectivity index (χ0v) is 16.8. The number of likely N-dealkylation sites (N-methyl/N-ethyl adjacent to an activating group) is 1. The zero-order valence-electron chi connectivity index (χ0n) is 16.8. The van der Waals surface area contributed by atoms with Crippen molar-refractivity contribution in [3.8, 4) is 5.75 Å². The van der Waals surface area contributed by atoms with Gasteiger partial charge >= 0.3 is 0 Å². The van der Waals surface area contributed by atoms with E-state index in [4.69, 9.17) is 9.73 Å². The Morgan fingerprint density at radius 2 is 1.93 bits per heavy atom. The summed E-state index contributed by atoms with van der Waals surface area (Å²) < 4.78 is 5.11. The van der Waals surface area contributed by atoms with Gasteiger partial charge in [0.1, 0.15) is 5.75 Å². The molecule has 150 valence electrons. The summed E-state index contributed by atoms with van der Waals surface area (Å²) in [6.45, 7) is 9.29. The molecule has 1 aliphatic heterocycles. The Bertz CT molecular complexity index is 603. The molecule has 0 spiro atoms. The van der Waals surface area contributed by atoms with Crippen LogP contribution in [0.5, 0.6) is 5.75 Å². The second-order valence-corrected chi connectivity index (χ2v) is 6.56. The summed E-state index contributed by atoms with van der Waals surface area (Å²) in [5, 5.41) is 9.47. The molecule has 7 heteroatoms. The molecule has 1 fully saturated rings. The molecule has 0 saturated carbocycles. The first-order valence-electron chi connectivity index (χ1n) is 9.86. The minimum Gasteiger partial charge on any atom is -0.497 e. The molecule has 0 aromatic heterocycles. The van der Waals surface area contributed by atoms with Crippen molar-refractivity contribution in [2.75, 3.05) is 46.4 Å². The molecule has 0 aliphatic carbocycles. The van der Waals surface area contributed by atoms with Gasteiger partial charge in [-0.15, -0.1) is 0 Å². The summed E-state index contributed by atoms with van der Waals surface area (Å²) in [5.41, 5.74) is 0.622. The van der Waals surface area contributed by atoms with E-state index in [0.29, 0.717) is 24.7 Å². The van der Waals surface area contributed by atoms with E-state index in [9.17, 15) is 4.79 Å². The topological polar surface area (TPSA) is 78.0 Å². The fourth-order valence-corrected chi connectivity index (χ4v) is 3.26. The lowest BCUT2D eigenvalue weighted by molar-refractivity contribution is 0.0954. The Labute approximate surface area is 162 Å².